The van der Waals surface area contributed by atoms with Crippen LogP contribution in [0.3, 0.4) is 0 Å². The standard InChI is InChI=1S/C18H24N4O2/c1-12(2)17-16(18(23)21-9-10-24-14(4)11-21)19-20-22(17)15-7-5-13(3)6-8-15/h5-8,12,14H,9-11H2,1-4H3. The van der Waals surface area contributed by atoms with Gasteiger partial charge in [0.2, 0.25) is 0 Å². The van der Waals surface area contributed by atoms with Gasteiger partial charge in [-0.05, 0) is 31.9 Å². The normalized spacial score (nSPS) is 18.2. The molecule has 24 heavy (non-hydrogen) atoms. The van der Waals surface area contributed by atoms with Crippen molar-refractivity contribution < 1.29 is 9.53 Å². The van der Waals surface area contributed by atoms with E-state index < -0.39 is 0 Å². The Morgan fingerprint density at radius 1 is 1.29 bits per heavy atom. The number of benzene rings is 1. The van der Waals surface area contributed by atoms with Crippen LogP contribution < -0.4 is 0 Å². The van der Waals surface area contributed by atoms with Crippen LogP contribution in [0.25, 0.3) is 5.69 Å². The molecule has 0 aliphatic carbocycles. The van der Waals surface area contributed by atoms with Crippen molar-refractivity contribution in [1.82, 2.24) is 19.9 Å². The number of rotatable bonds is 3. The van der Waals surface area contributed by atoms with Gasteiger partial charge in [-0.25, -0.2) is 4.68 Å². The molecule has 0 radical (unpaired) electrons. The van der Waals surface area contributed by atoms with Crippen LogP contribution in [0, 0.1) is 6.92 Å². The van der Waals surface area contributed by atoms with Crippen LogP contribution >= 0.6 is 0 Å². The molecule has 0 spiro atoms. The first-order valence-electron chi connectivity index (χ1n) is 8.41. The highest BCUT2D eigenvalue weighted by atomic mass is 16.5. The van der Waals surface area contributed by atoms with E-state index in [1.54, 1.807) is 4.68 Å². The Morgan fingerprint density at radius 3 is 2.62 bits per heavy atom. The van der Waals surface area contributed by atoms with Crippen molar-refractivity contribution >= 4 is 5.91 Å². The molecule has 6 nitrogen and oxygen atoms in total. The Bertz CT molecular complexity index is 721. The number of aromatic nitrogens is 3. The lowest BCUT2D eigenvalue weighted by Gasteiger charge is -2.30. The van der Waals surface area contributed by atoms with Crippen LogP contribution in [0.15, 0.2) is 24.3 Å². The summed E-state index contributed by atoms with van der Waals surface area (Å²) in [6.07, 6.45) is 0.0531. The number of aryl methyl sites for hydroxylation is 1. The molecule has 128 valence electrons. The van der Waals surface area contributed by atoms with Gasteiger partial charge in [0.25, 0.3) is 5.91 Å². The predicted octanol–water partition coefficient (Wildman–Crippen LogP) is 2.56. The number of carbonyl (C=O) groups excluding carboxylic acids is 1. The van der Waals surface area contributed by atoms with Gasteiger partial charge in [-0.3, -0.25) is 4.79 Å². The predicted molar refractivity (Wildman–Crippen MR) is 91.5 cm³/mol. The fraction of sp³-hybridized carbons (Fsp3) is 0.500. The van der Waals surface area contributed by atoms with E-state index in [9.17, 15) is 4.79 Å². The number of hydrogen-bond donors (Lipinski definition) is 0. The summed E-state index contributed by atoms with van der Waals surface area (Å²) in [4.78, 5) is 14.7. The maximum atomic E-state index is 12.9. The quantitative estimate of drug-likeness (QED) is 0.869. The maximum Gasteiger partial charge on any atom is 0.276 e. The molecule has 1 saturated heterocycles. The molecule has 1 aromatic heterocycles. The topological polar surface area (TPSA) is 60.2 Å². The van der Waals surface area contributed by atoms with Crippen LogP contribution in [-0.2, 0) is 4.74 Å². The van der Waals surface area contributed by atoms with Crippen LogP contribution in [0.5, 0.6) is 0 Å². The van der Waals surface area contributed by atoms with E-state index in [1.165, 1.54) is 5.56 Å². The average Bonchev–Trinajstić information content (AvgIpc) is 3.00. The van der Waals surface area contributed by atoms with Gasteiger partial charge in [0, 0.05) is 13.1 Å². The number of morpholine rings is 1. The average molecular weight is 328 g/mol. The fourth-order valence-electron chi connectivity index (χ4n) is 2.99. The number of amides is 1. The van der Waals surface area contributed by atoms with Gasteiger partial charge >= 0.3 is 0 Å². The zero-order valence-electron chi connectivity index (χ0n) is 14.7. The Labute approximate surface area is 142 Å². The summed E-state index contributed by atoms with van der Waals surface area (Å²) in [6.45, 7) is 9.89. The number of ether oxygens (including phenoxy) is 1. The lowest BCUT2D eigenvalue weighted by Crippen LogP contribution is -2.45. The maximum absolute atomic E-state index is 12.9. The first-order valence-corrected chi connectivity index (χ1v) is 8.41. The van der Waals surface area contributed by atoms with Gasteiger partial charge in [-0.15, -0.1) is 5.10 Å². The van der Waals surface area contributed by atoms with Gasteiger partial charge in [-0.1, -0.05) is 36.8 Å². The van der Waals surface area contributed by atoms with Crippen LogP contribution in [0.4, 0.5) is 0 Å². The molecule has 0 bridgehead atoms. The van der Waals surface area contributed by atoms with Gasteiger partial charge in [0.05, 0.1) is 24.1 Å². The van der Waals surface area contributed by atoms with Crippen molar-refractivity contribution in [3.8, 4) is 5.69 Å². The minimum atomic E-state index is -0.0628. The summed E-state index contributed by atoms with van der Waals surface area (Å²) in [5, 5.41) is 8.48. The van der Waals surface area contributed by atoms with Crippen molar-refractivity contribution in [1.29, 1.82) is 0 Å². The molecule has 1 aliphatic rings. The van der Waals surface area contributed by atoms with Crippen LogP contribution in [-0.4, -0.2) is 51.6 Å². The molecule has 1 fully saturated rings. The highest BCUT2D eigenvalue weighted by Crippen LogP contribution is 2.23. The number of hydrogen-bond acceptors (Lipinski definition) is 4. The summed E-state index contributed by atoms with van der Waals surface area (Å²) in [5.41, 5.74) is 3.40. The van der Waals surface area contributed by atoms with E-state index in [0.29, 0.717) is 25.4 Å². The highest BCUT2D eigenvalue weighted by molar-refractivity contribution is 5.93. The van der Waals surface area contributed by atoms with E-state index in [-0.39, 0.29) is 17.9 Å². The molecular weight excluding hydrogens is 304 g/mol. The fourth-order valence-corrected chi connectivity index (χ4v) is 2.99. The monoisotopic (exact) mass is 328 g/mol. The van der Waals surface area contributed by atoms with Crippen LogP contribution in [0.2, 0.25) is 0 Å². The highest BCUT2D eigenvalue weighted by Gasteiger charge is 2.29. The first-order chi connectivity index (χ1) is 11.5. The third-order valence-electron chi connectivity index (χ3n) is 4.26. The van der Waals surface area contributed by atoms with Crippen molar-refractivity contribution in [3.05, 3.63) is 41.2 Å². The minimum absolute atomic E-state index is 0.0531. The Balaban J connectivity index is 1.97. The summed E-state index contributed by atoms with van der Waals surface area (Å²) < 4.78 is 7.30. The molecule has 6 heteroatoms. The van der Waals surface area contributed by atoms with Gasteiger partial charge < -0.3 is 9.64 Å². The van der Waals surface area contributed by atoms with E-state index in [1.807, 2.05) is 43.0 Å². The van der Waals surface area contributed by atoms with E-state index in [0.717, 1.165) is 11.4 Å². The molecule has 1 aliphatic heterocycles. The Morgan fingerprint density at radius 2 is 2.00 bits per heavy atom. The van der Waals surface area contributed by atoms with E-state index in [4.69, 9.17) is 4.74 Å². The van der Waals surface area contributed by atoms with Gasteiger partial charge in [0.1, 0.15) is 0 Å². The van der Waals surface area contributed by atoms with Crippen molar-refractivity contribution in [3.63, 3.8) is 0 Å². The molecule has 1 amide bonds. The third kappa shape index (κ3) is 3.19. The smallest absolute Gasteiger partial charge is 0.276 e. The zero-order chi connectivity index (χ0) is 17.3. The lowest BCUT2D eigenvalue weighted by atomic mass is 10.1. The van der Waals surface area contributed by atoms with Crippen molar-refractivity contribution in [2.24, 2.45) is 0 Å². The third-order valence-corrected chi connectivity index (χ3v) is 4.26. The zero-order valence-corrected chi connectivity index (χ0v) is 14.7. The molecular formula is C18H24N4O2. The second-order valence-electron chi connectivity index (χ2n) is 6.66. The summed E-state index contributed by atoms with van der Waals surface area (Å²) in [6, 6.07) is 8.07. The van der Waals surface area contributed by atoms with Gasteiger partial charge in [0.15, 0.2) is 5.69 Å². The number of nitrogens with zero attached hydrogens (tertiary/aromatic N) is 4. The summed E-state index contributed by atoms with van der Waals surface area (Å²) in [5.74, 6) is 0.0749. The Hall–Kier alpha value is -2.21. The SMILES string of the molecule is Cc1ccc(-n2nnc(C(=O)N3CCOC(C)C3)c2C(C)C)cc1. The molecule has 1 unspecified atom stereocenters. The molecule has 2 heterocycles. The molecule has 3 rings (SSSR count). The molecule has 2 aromatic rings. The summed E-state index contributed by atoms with van der Waals surface area (Å²) in [7, 11) is 0. The minimum Gasteiger partial charge on any atom is -0.375 e. The molecule has 0 N–H and O–H groups in total. The number of carbonyl (C=O) groups is 1. The second kappa shape index (κ2) is 6.73. The van der Waals surface area contributed by atoms with Crippen molar-refractivity contribution in [2.75, 3.05) is 19.7 Å². The van der Waals surface area contributed by atoms with E-state index in [2.05, 4.69) is 24.2 Å². The lowest BCUT2D eigenvalue weighted by molar-refractivity contribution is -0.0126. The van der Waals surface area contributed by atoms with Gasteiger partial charge in [-0.2, -0.15) is 0 Å². The molecule has 1 aromatic carbocycles. The van der Waals surface area contributed by atoms with E-state index >= 15 is 0 Å². The second-order valence-corrected chi connectivity index (χ2v) is 6.66. The van der Waals surface area contributed by atoms with Crippen LogP contribution in [0.1, 0.15) is 48.4 Å². The van der Waals surface area contributed by atoms with Crippen molar-refractivity contribution in [2.45, 2.75) is 39.7 Å². The summed E-state index contributed by atoms with van der Waals surface area (Å²) >= 11 is 0. The molecule has 1 atom stereocenters. The molecule has 0 saturated carbocycles. The Kier molecular flexibility index (Phi) is 4.66. The first kappa shape index (κ1) is 16.6. The largest absolute Gasteiger partial charge is 0.375 e.